The molecule has 2 fully saturated rings. The second-order valence-corrected chi connectivity index (χ2v) is 11.4. The first-order valence-electron chi connectivity index (χ1n) is 14.8. The summed E-state index contributed by atoms with van der Waals surface area (Å²) in [6.45, 7) is 8.46. The second kappa shape index (κ2) is 13.4. The monoisotopic (exact) mass is 596 g/mol. The summed E-state index contributed by atoms with van der Waals surface area (Å²) in [6, 6.07) is 10.8. The van der Waals surface area contributed by atoms with Crippen molar-refractivity contribution in [2.24, 2.45) is 5.92 Å². The normalized spacial score (nSPS) is 16.9. The molecule has 4 rings (SSSR count). The Kier molecular flexibility index (Phi) is 9.93. The number of anilines is 1. The number of hydrogen-bond donors (Lipinski definition) is 1. The van der Waals surface area contributed by atoms with Gasteiger partial charge in [-0.15, -0.1) is 0 Å². The van der Waals surface area contributed by atoms with Crippen LogP contribution in [0.5, 0.6) is 5.75 Å². The molecule has 1 atom stereocenters. The van der Waals surface area contributed by atoms with E-state index in [9.17, 15) is 23.6 Å². The average molecular weight is 597 g/mol. The topological polar surface area (TPSA) is 108 Å². The van der Waals surface area contributed by atoms with Crippen molar-refractivity contribution >= 4 is 29.4 Å². The van der Waals surface area contributed by atoms with E-state index in [-0.39, 0.29) is 36.5 Å². The van der Waals surface area contributed by atoms with Crippen molar-refractivity contribution in [2.45, 2.75) is 58.5 Å². The van der Waals surface area contributed by atoms with E-state index in [2.05, 4.69) is 10.2 Å². The number of aryl methyl sites for hydroxylation is 1. The number of ether oxygens (including phenoxy) is 2. The number of rotatable bonds is 10. The Morgan fingerprint density at radius 1 is 1.05 bits per heavy atom. The summed E-state index contributed by atoms with van der Waals surface area (Å²) in [4.78, 5) is 57.2. The van der Waals surface area contributed by atoms with Crippen LogP contribution in [0.2, 0.25) is 0 Å². The van der Waals surface area contributed by atoms with E-state index < -0.39 is 29.3 Å². The first-order valence-corrected chi connectivity index (χ1v) is 14.8. The number of nitrogens with one attached hydrogen (secondary N) is 1. The zero-order valence-electron chi connectivity index (χ0n) is 25.5. The van der Waals surface area contributed by atoms with E-state index in [0.29, 0.717) is 44.8 Å². The van der Waals surface area contributed by atoms with E-state index in [1.807, 2.05) is 32.9 Å². The number of hydrogen-bond acceptors (Lipinski definition) is 7. The van der Waals surface area contributed by atoms with Crippen molar-refractivity contribution in [1.82, 2.24) is 15.1 Å². The second-order valence-electron chi connectivity index (χ2n) is 11.4. The minimum atomic E-state index is -0.841. The molecule has 2 aliphatic rings. The quantitative estimate of drug-likeness (QED) is 0.419. The maximum atomic E-state index is 14.5. The fourth-order valence-corrected chi connectivity index (χ4v) is 5.75. The predicted octanol–water partition coefficient (Wildman–Crippen LogP) is 3.38. The first kappa shape index (κ1) is 31.8. The molecular formula is C32H41FN4O6. The van der Waals surface area contributed by atoms with Crippen LogP contribution in [-0.2, 0) is 25.5 Å². The van der Waals surface area contributed by atoms with Crippen LogP contribution in [0.3, 0.4) is 0 Å². The molecule has 2 saturated heterocycles. The molecule has 0 radical (unpaired) electrons. The maximum absolute atomic E-state index is 14.5. The van der Waals surface area contributed by atoms with Crippen molar-refractivity contribution < 1.29 is 33.0 Å². The van der Waals surface area contributed by atoms with Crippen molar-refractivity contribution in [1.29, 1.82) is 0 Å². The number of piperidine rings is 1. The molecule has 43 heavy (non-hydrogen) atoms. The van der Waals surface area contributed by atoms with Gasteiger partial charge in [0.15, 0.2) is 6.61 Å². The number of likely N-dealkylation sites (tertiary alicyclic amines) is 1. The summed E-state index contributed by atoms with van der Waals surface area (Å²) < 4.78 is 24.9. The molecule has 0 saturated carbocycles. The third-order valence-corrected chi connectivity index (χ3v) is 8.23. The fourth-order valence-electron chi connectivity index (χ4n) is 5.75. The van der Waals surface area contributed by atoms with E-state index in [1.54, 1.807) is 42.0 Å². The van der Waals surface area contributed by atoms with Crippen LogP contribution in [0.25, 0.3) is 0 Å². The minimum absolute atomic E-state index is 0.0118. The number of amides is 3. The lowest BCUT2D eigenvalue weighted by atomic mass is 9.85. The third-order valence-electron chi connectivity index (χ3n) is 8.23. The number of carbonyl (C=O) groups excluding carboxylic acids is 4. The molecule has 1 spiro atoms. The Hall–Kier alpha value is -4.15. The van der Waals surface area contributed by atoms with Crippen LogP contribution < -0.4 is 15.0 Å². The third kappa shape index (κ3) is 6.76. The highest BCUT2D eigenvalue weighted by Gasteiger charge is 2.53. The summed E-state index contributed by atoms with van der Waals surface area (Å²) in [5, 5.41) is 2.77. The lowest BCUT2D eigenvalue weighted by Gasteiger charge is -2.44. The van der Waals surface area contributed by atoms with Gasteiger partial charge in [0, 0.05) is 25.8 Å². The Labute approximate surface area is 252 Å². The zero-order valence-corrected chi connectivity index (χ0v) is 25.5. The highest BCUT2D eigenvalue weighted by atomic mass is 19.1. The van der Waals surface area contributed by atoms with Gasteiger partial charge in [-0.05, 0) is 74.1 Å². The smallest absolute Gasteiger partial charge is 0.344 e. The molecule has 0 unspecified atom stereocenters. The van der Waals surface area contributed by atoms with E-state index in [1.165, 1.54) is 12.1 Å². The van der Waals surface area contributed by atoms with Crippen molar-refractivity contribution in [2.75, 3.05) is 44.9 Å². The Morgan fingerprint density at radius 3 is 2.33 bits per heavy atom. The number of likely N-dealkylation sites (N-methyl/N-ethyl adjacent to an activating group) is 1. The van der Waals surface area contributed by atoms with Gasteiger partial charge in [0.25, 0.3) is 5.91 Å². The van der Waals surface area contributed by atoms with Crippen LogP contribution in [-0.4, -0.2) is 85.1 Å². The molecule has 2 aromatic carbocycles. The molecule has 3 amide bonds. The molecule has 2 heterocycles. The van der Waals surface area contributed by atoms with Gasteiger partial charge < -0.3 is 29.5 Å². The number of halogens is 1. The molecule has 0 aromatic heterocycles. The number of benzene rings is 2. The zero-order chi connectivity index (χ0) is 31.3. The van der Waals surface area contributed by atoms with Gasteiger partial charge in [0.2, 0.25) is 11.8 Å². The van der Waals surface area contributed by atoms with E-state index in [0.717, 1.165) is 11.3 Å². The van der Waals surface area contributed by atoms with Gasteiger partial charge >= 0.3 is 5.97 Å². The molecule has 1 N–H and O–H groups in total. The molecule has 0 aliphatic carbocycles. The molecule has 0 bridgehead atoms. The van der Waals surface area contributed by atoms with Crippen LogP contribution in [0, 0.1) is 11.7 Å². The highest BCUT2D eigenvalue weighted by molar-refractivity contribution is 5.98. The predicted molar refractivity (Wildman–Crippen MR) is 159 cm³/mol. The molecule has 2 aromatic rings. The molecular weight excluding hydrogens is 555 g/mol. The standard InChI is InChI=1S/C32H41FN4O6/c1-6-22-8-13-26(33)25(18-22)29(39)34-28(21(3)4)30(40)36-16-14-32(15-17-36)31(41)35(5)20-37(32)23-9-11-24(12-10-23)43-19-27(38)42-7-2/h8-13,18,21,28H,6-7,14-17,19-20H2,1-5H3,(H,34,39)/t28-/m1/s1. The van der Waals surface area contributed by atoms with Crippen LogP contribution in [0.4, 0.5) is 10.1 Å². The van der Waals surface area contributed by atoms with Gasteiger partial charge in [-0.25, -0.2) is 9.18 Å². The number of carbonyl (C=O) groups is 4. The Balaban J connectivity index is 1.45. The van der Waals surface area contributed by atoms with Crippen LogP contribution >= 0.6 is 0 Å². The molecule has 11 heteroatoms. The van der Waals surface area contributed by atoms with Gasteiger partial charge in [-0.3, -0.25) is 14.4 Å². The van der Waals surface area contributed by atoms with Gasteiger partial charge in [0.05, 0.1) is 18.8 Å². The van der Waals surface area contributed by atoms with Gasteiger partial charge in [-0.2, -0.15) is 0 Å². The lowest BCUT2D eigenvalue weighted by Crippen LogP contribution is -2.60. The van der Waals surface area contributed by atoms with E-state index >= 15 is 0 Å². The molecule has 2 aliphatic heterocycles. The SMILES string of the molecule is CCOC(=O)COc1ccc(N2CN(C)C(=O)C23CCN(C(=O)[C@H](NC(=O)c2cc(CC)ccc2F)C(C)C)CC3)cc1. The summed E-state index contributed by atoms with van der Waals surface area (Å²) in [5.74, 6) is -1.69. The van der Waals surface area contributed by atoms with Gasteiger partial charge in [0.1, 0.15) is 23.1 Å². The summed E-state index contributed by atoms with van der Waals surface area (Å²) in [6.07, 6.45) is 1.48. The summed E-state index contributed by atoms with van der Waals surface area (Å²) >= 11 is 0. The van der Waals surface area contributed by atoms with Crippen LogP contribution in [0.1, 0.15) is 56.5 Å². The Bertz CT molecular complexity index is 1340. The van der Waals surface area contributed by atoms with Crippen molar-refractivity contribution in [3.63, 3.8) is 0 Å². The minimum Gasteiger partial charge on any atom is -0.482 e. The number of nitrogens with zero attached hydrogens (tertiary/aromatic N) is 3. The fraction of sp³-hybridized carbons (Fsp3) is 0.500. The number of esters is 1. The molecule has 10 nitrogen and oxygen atoms in total. The summed E-state index contributed by atoms with van der Waals surface area (Å²) in [5.41, 5.74) is 0.751. The highest BCUT2D eigenvalue weighted by Crippen LogP contribution is 2.39. The lowest BCUT2D eigenvalue weighted by molar-refractivity contribution is -0.145. The average Bonchev–Trinajstić information content (AvgIpc) is 3.24. The largest absolute Gasteiger partial charge is 0.482 e. The van der Waals surface area contributed by atoms with Crippen molar-refractivity contribution in [3.05, 3.63) is 59.4 Å². The first-order chi connectivity index (χ1) is 20.5. The van der Waals surface area contributed by atoms with Crippen LogP contribution in [0.15, 0.2) is 42.5 Å². The molecule has 232 valence electrons. The van der Waals surface area contributed by atoms with Gasteiger partial charge in [-0.1, -0.05) is 26.8 Å². The maximum Gasteiger partial charge on any atom is 0.344 e. The summed E-state index contributed by atoms with van der Waals surface area (Å²) in [7, 11) is 1.76. The van der Waals surface area contributed by atoms with Crippen molar-refractivity contribution in [3.8, 4) is 5.75 Å². The van der Waals surface area contributed by atoms with E-state index in [4.69, 9.17) is 9.47 Å². The Morgan fingerprint density at radius 2 is 1.72 bits per heavy atom.